The summed E-state index contributed by atoms with van der Waals surface area (Å²) >= 11 is 6.79. The van der Waals surface area contributed by atoms with E-state index in [1.165, 1.54) is 22.8 Å². The molecule has 10 nitrogen and oxygen atoms in total. The van der Waals surface area contributed by atoms with Crippen molar-refractivity contribution in [3.05, 3.63) is 77.1 Å². The number of hydrogen-bond donors (Lipinski definition) is 2. The van der Waals surface area contributed by atoms with Crippen LogP contribution in [0.4, 0.5) is 15.9 Å². The average Bonchev–Trinajstić information content (AvgIpc) is 2.96. The molecular formula is C30H35ClFN7O3S. The summed E-state index contributed by atoms with van der Waals surface area (Å²) in [7, 11) is -3.98. The zero-order chi connectivity index (χ0) is 31.2. The van der Waals surface area contributed by atoms with E-state index in [1.807, 2.05) is 39.5 Å². The second-order valence-corrected chi connectivity index (χ2v) is 13.1. The van der Waals surface area contributed by atoms with Crippen molar-refractivity contribution in [2.45, 2.75) is 52.5 Å². The minimum absolute atomic E-state index is 0.117. The zero-order valence-electron chi connectivity index (χ0n) is 24.7. The van der Waals surface area contributed by atoms with E-state index in [9.17, 15) is 13.9 Å². The highest BCUT2D eigenvalue weighted by Gasteiger charge is 2.42. The second-order valence-electron chi connectivity index (χ2n) is 11.2. The van der Waals surface area contributed by atoms with Gasteiger partial charge < -0.3 is 9.80 Å². The molecule has 1 aromatic carbocycles. The average molecular weight is 628 g/mol. The number of halogens is 2. The first-order valence-electron chi connectivity index (χ1n) is 14.0. The number of pyridine rings is 1. The van der Waals surface area contributed by atoms with Crippen molar-refractivity contribution < 1.29 is 18.3 Å². The monoisotopic (exact) mass is 627 g/mol. The maximum atomic E-state index is 15.1. The van der Waals surface area contributed by atoms with Crippen LogP contribution in [0.3, 0.4) is 0 Å². The minimum Gasteiger partial charge on any atom is -0.348 e. The van der Waals surface area contributed by atoms with Gasteiger partial charge in [-0.25, -0.2) is 19.3 Å². The number of anilines is 2. The van der Waals surface area contributed by atoms with Crippen LogP contribution in [0.25, 0.3) is 11.3 Å². The Kier molecular flexibility index (Phi) is 8.50. The summed E-state index contributed by atoms with van der Waals surface area (Å²) in [5.41, 5.74) is 2.29. The normalized spacial score (nSPS) is 18.9. The van der Waals surface area contributed by atoms with Crippen molar-refractivity contribution in [3.8, 4) is 11.3 Å². The van der Waals surface area contributed by atoms with E-state index in [2.05, 4.69) is 20.9 Å². The molecule has 1 saturated heterocycles. The molecule has 43 heavy (non-hydrogen) atoms. The Labute approximate surface area is 257 Å². The molecule has 0 bridgehead atoms. The SMILES string of the molecule is C=CC(=O)N1CCN(C2=NS(O)(O)N(c3c(C(C)C)ncnc3C(C)C)c3nc(-c4ccccc4F)c(Cl)cc32)C(C)C1. The Morgan fingerprint density at radius 1 is 1.12 bits per heavy atom. The van der Waals surface area contributed by atoms with Gasteiger partial charge in [0.05, 0.1) is 27.7 Å². The maximum absolute atomic E-state index is 15.1. The van der Waals surface area contributed by atoms with E-state index in [1.54, 1.807) is 29.2 Å². The number of aromatic nitrogens is 3. The van der Waals surface area contributed by atoms with Gasteiger partial charge in [0, 0.05) is 31.2 Å². The molecule has 3 aromatic rings. The van der Waals surface area contributed by atoms with E-state index in [0.29, 0.717) is 42.3 Å². The molecule has 2 N–H and O–H groups in total. The molecule has 2 aromatic heterocycles. The van der Waals surface area contributed by atoms with Crippen molar-refractivity contribution in [3.63, 3.8) is 0 Å². The predicted octanol–water partition coefficient (Wildman–Crippen LogP) is 6.78. The predicted molar refractivity (Wildman–Crippen MR) is 169 cm³/mol. The van der Waals surface area contributed by atoms with Crippen LogP contribution in [0.1, 0.15) is 63.4 Å². The Morgan fingerprint density at radius 2 is 1.77 bits per heavy atom. The highest BCUT2D eigenvalue weighted by molar-refractivity contribution is 8.24. The molecule has 0 aliphatic carbocycles. The number of nitrogens with zero attached hydrogens (tertiary/aromatic N) is 7. The molecule has 0 saturated carbocycles. The van der Waals surface area contributed by atoms with Crippen LogP contribution in [0.2, 0.25) is 5.02 Å². The standard InChI is InChI=1S/C30H35ClFN7O3S/c1-7-24(40)37-12-13-38(19(6)15-37)30-21-14-22(31)27(20-10-8-9-11-23(20)32)35-29(21)39(43(41,42)36-30)28-25(17(2)3)33-16-34-26(28)18(4)5/h7-11,14,16-19,41-42H,1,12-13,15H2,2-6H3. The van der Waals surface area contributed by atoms with Gasteiger partial charge in [-0.1, -0.05) is 58.0 Å². The lowest BCUT2D eigenvalue weighted by molar-refractivity contribution is -0.128. The fourth-order valence-corrected chi connectivity index (χ4v) is 7.03. The molecule has 1 fully saturated rings. The number of hydrogen-bond acceptors (Lipinski definition) is 9. The van der Waals surface area contributed by atoms with Crippen molar-refractivity contribution in [1.82, 2.24) is 24.8 Å². The molecule has 228 valence electrons. The summed E-state index contributed by atoms with van der Waals surface area (Å²) in [5.74, 6) is -0.526. The van der Waals surface area contributed by atoms with Gasteiger partial charge in [0.1, 0.15) is 17.8 Å². The maximum Gasteiger partial charge on any atom is 0.246 e. The number of piperazine rings is 1. The fourth-order valence-electron chi connectivity index (χ4n) is 5.46. The van der Waals surface area contributed by atoms with E-state index in [4.69, 9.17) is 16.6 Å². The number of fused-ring (bicyclic) bond motifs is 1. The van der Waals surface area contributed by atoms with Crippen LogP contribution < -0.4 is 4.31 Å². The highest BCUT2D eigenvalue weighted by atomic mass is 35.5. The molecule has 1 unspecified atom stereocenters. The van der Waals surface area contributed by atoms with E-state index in [0.717, 1.165) is 0 Å². The van der Waals surface area contributed by atoms with Crippen LogP contribution in [-0.4, -0.2) is 71.3 Å². The van der Waals surface area contributed by atoms with E-state index < -0.39 is 16.8 Å². The Balaban J connectivity index is 1.78. The Hall–Kier alpha value is -3.58. The molecule has 2 aliphatic rings. The van der Waals surface area contributed by atoms with Crippen LogP contribution in [0.15, 0.2) is 53.7 Å². The van der Waals surface area contributed by atoms with Crippen molar-refractivity contribution in [2.24, 2.45) is 4.40 Å². The molecule has 2 aliphatic heterocycles. The molecule has 1 amide bonds. The number of benzene rings is 1. The van der Waals surface area contributed by atoms with Crippen LogP contribution >= 0.6 is 22.6 Å². The van der Waals surface area contributed by atoms with Crippen molar-refractivity contribution >= 4 is 45.8 Å². The van der Waals surface area contributed by atoms with E-state index >= 15 is 4.39 Å². The molecule has 1 atom stereocenters. The third kappa shape index (κ3) is 5.60. The summed E-state index contributed by atoms with van der Waals surface area (Å²) in [5, 5.41) is 0.167. The summed E-state index contributed by atoms with van der Waals surface area (Å²) in [6, 6.07) is 7.52. The number of carbonyl (C=O) groups is 1. The first-order chi connectivity index (χ1) is 20.4. The summed E-state index contributed by atoms with van der Waals surface area (Å²) in [6.45, 7) is 14.4. The second kappa shape index (κ2) is 11.8. The summed E-state index contributed by atoms with van der Waals surface area (Å²) in [6.07, 6.45) is 2.74. The lowest BCUT2D eigenvalue weighted by Crippen LogP contribution is -2.56. The van der Waals surface area contributed by atoms with Gasteiger partial charge in [0.15, 0.2) is 11.7 Å². The fraction of sp³-hybridized carbons (Fsp3) is 0.367. The first-order valence-corrected chi connectivity index (χ1v) is 15.9. The van der Waals surface area contributed by atoms with Gasteiger partial charge >= 0.3 is 0 Å². The zero-order valence-corrected chi connectivity index (χ0v) is 26.3. The minimum atomic E-state index is -3.98. The number of amides is 1. The molecule has 0 radical (unpaired) electrons. The Bertz CT molecular complexity index is 1590. The number of rotatable bonds is 5. The molecule has 4 heterocycles. The van der Waals surface area contributed by atoms with Crippen molar-refractivity contribution in [2.75, 3.05) is 23.9 Å². The summed E-state index contributed by atoms with van der Waals surface area (Å²) in [4.78, 5) is 29.8. The highest BCUT2D eigenvalue weighted by Crippen LogP contribution is 2.59. The van der Waals surface area contributed by atoms with E-state index in [-0.39, 0.29) is 51.7 Å². The lowest BCUT2D eigenvalue weighted by atomic mass is 10.0. The van der Waals surface area contributed by atoms with Gasteiger partial charge in [-0.15, -0.1) is 4.40 Å². The third-order valence-electron chi connectivity index (χ3n) is 7.53. The molecular weight excluding hydrogens is 593 g/mol. The van der Waals surface area contributed by atoms with Gasteiger partial charge in [-0.05, 0) is 54.0 Å². The van der Waals surface area contributed by atoms with Crippen LogP contribution in [0.5, 0.6) is 0 Å². The largest absolute Gasteiger partial charge is 0.348 e. The third-order valence-corrected chi connectivity index (χ3v) is 9.08. The summed E-state index contributed by atoms with van der Waals surface area (Å²) < 4.78 is 44.6. The molecule has 0 spiro atoms. The molecule has 13 heteroatoms. The first kappa shape index (κ1) is 30.9. The van der Waals surface area contributed by atoms with Crippen molar-refractivity contribution in [1.29, 1.82) is 0 Å². The van der Waals surface area contributed by atoms with Crippen LogP contribution in [-0.2, 0) is 4.79 Å². The lowest BCUT2D eigenvalue weighted by Gasteiger charge is -2.48. The van der Waals surface area contributed by atoms with Gasteiger partial charge in [0.2, 0.25) is 5.91 Å². The number of amidine groups is 1. The van der Waals surface area contributed by atoms with Gasteiger partial charge in [-0.3, -0.25) is 13.9 Å². The van der Waals surface area contributed by atoms with Gasteiger partial charge in [-0.2, -0.15) is 4.31 Å². The smallest absolute Gasteiger partial charge is 0.246 e. The van der Waals surface area contributed by atoms with Crippen LogP contribution in [0, 0.1) is 5.82 Å². The quantitative estimate of drug-likeness (QED) is 0.297. The van der Waals surface area contributed by atoms with Gasteiger partial charge in [0.25, 0.3) is 0 Å². The number of carbonyl (C=O) groups excluding carboxylic acids is 1. The Morgan fingerprint density at radius 3 is 2.35 bits per heavy atom. The topological polar surface area (TPSA) is 118 Å². The molecule has 5 rings (SSSR count).